The van der Waals surface area contributed by atoms with Crippen LogP contribution in [0.4, 0.5) is 0 Å². The van der Waals surface area contributed by atoms with E-state index in [1.165, 1.54) is 0 Å². The van der Waals surface area contributed by atoms with Gasteiger partial charge >= 0.3 is 0 Å². The van der Waals surface area contributed by atoms with Crippen LogP contribution in [-0.2, 0) is 10.0 Å². The lowest BCUT2D eigenvalue weighted by molar-refractivity contribution is 0.546. The Bertz CT molecular complexity index is 494. The lowest BCUT2D eigenvalue weighted by Gasteiger charge is -2.09. The molecule has 0 aromatic carbocycles. The van der Waals surface area contributed by atoms with Crippen molar-refractivity contribution >= 4 is 44.7 Å². The van der Waals surface area contributed by atoms with Gasteiger partial charge in [-0.05, 0) is 30.8 Å². The van der Waals surface area contributed by atoms with Crippen LogP contribution in [-0.4, -0.2) is 31.5 Å². The molecule has 0 aliphatic carbocycles. The fourth-order valence-corrected chi connectivity index (χ4v) is 5.82. The number of nitrogens with one attached hydrogen (secondary N) is 1. The second-order valence-corrected chi connectivity index (χ2v) is 8.61. The number of aryl methyl sites for hydroxylation is 1. The van der Waals surface area contributed by atoms with Gasteiger partial charge in [0.1, 0.15) is 0 Å². The first-order valence-corrected chi connectivity index (χ1v) is 9.02. The molecule has 1 saturated heterocycles. The van der Waals surface area contributed by atoms with E-state index < -0.39 is 10.0 Å². The number of hydrogen-bond donors (Lipinski definition) is 1. The molecule has 17 heavy (non-hydrogen) atoms. The fourth-order valence-electron chi connectivity index (χ4n) is 1.64. The summed E-state index contributed by atoms with van der Waals surface area (Å²) < 4.78 is 27.2. The lowest BCUT2D eigenvalue weighted by atomic mass is 10.1. The third-order valence-corrected chi connectivity index (χ3v) is 7.08. The molecule has 2 rings (SSSR count). The molecule has 1 aliphatic rings. The molecule has 8 heteroatoms. The van der Waals surface area contributed by atoms with Gasteiger partial charge in [0, 0.05) is 6.54 Å². The minimum Gasteiger partial charge on any atom is -0.229 e. The Morgan fingerprint density at radius 3 is 2.88 bits per heavy atom. The molecule has 1 N–H and O–H groups in total. The molecule has 4 nitrogen and oxygen atoms in total. The predicted octanol–water partition coefficient (Wildman–Crippen LogP) is 2.14. The largest absolute Gasteiger partial charge is 0.251 e. The van der Waals surface area contributed by atoms with Gasteiger partial charge in [-0.1, -0.05) is 22.9 Å². The van der Waals surface area contributed by atoms with Crippen molar-refractivity contribution in [1.82, 2.24) is 9.71 Å². The highest BCUT2D eigenvalue weighted by atomic mass is 35.5. The van der Waals surface area contributed by atoms with E-state index in [1.807, 2.05) is 11.8 Å². The monoisotopic (exact) mass is 312 g/mol. The zero-order chi connectivity index (χ0) is 12.5. The zero-order valence-corrected chi connectivity index (χ0v) is 12.5. The minimum atomic E-state index is -3.45. The SMILES string of the molecule is Cc1nc(Cl)sc1S(=O)(=O)NCC1CCSC1. The molecular weight excluding hydrogens is 300 g/mol. The van der Waals surface area contributed by atoms with E-state index >= 15 is 0 Å². The summed E-state index contributed by atoms with van der Waals surface area (Å²) in [6, 6.07) is 0. The van der Waals surface area contributed by atoms with E-state index in [1.54, 1.807) is 6.92 Å². The quantitative estimate of drug-likeness (QED) is 0.925. The second-order valence-electron chi connectivity index (χ2n) is 3.92. The summed E-state index contributed by atoms with van der Waals surface area (Å²) in [5.74, 6) is 2.60. The zero-order valence-electron chi connectivity index (χ0n) is 9.27. The highest BCUT2D eigenvalue weighted by Gasteiger charge is 2.23. The van der Waals surface area contributed by atoms with Gasteiger partial charge in [0.2, 0.25) is 0 Å². The Labute approximate surface area is 114 Å². The molecular formula is C9H13ClN2O2S3. The van der Waals surface area contributed by atoms with Crippen LogP contribution >= 0.6 is 34.7 Å². The lowest BCUT2D eigenvalue weighted by Crippen LogP contribution is -2.29. The molecule has 0 bridgehead atoms. The Morgan fingerprint density at radius 1 is 1.59 bits per heavy atom. The number of aromatic nitrogens is 1. The maximum absolute atomic E-state index is 12.0. The molecule has 96 valence electrons. The Kier molecular flexibility index (Phi) is 4.35. The number of thiazole rings is 1. The van der Waals surface area contributed by atoms with E-state index in [4.69, 9.17) is 11.6 Å². The van der Waals surface area contributed by atoms with Crippen molar-refractivity contribution < 1.29 is 8.42 Å². The van der Waals surface area contributed by atoms with Gasteiger partial charge in [0.05, 0.1) is 5.69 Å². The van der Waals surface area contributed by atoms with Crippen molar-refractivity contribution in [1.29, 1.82) is 0 Å². The van der Waals surface area contributed by atoms with Crippen LogP contribution in [0.1, 0.15) is 12.1 Å². The summed E-state index contributed by atoms with van der Waals surface area (Å²) >= 11 is 8.58. The standard InChI is InChI=1S/C9H13ClN2O2S3/c1-6-8(16-9(10)12-6)17(13,14)11-4-7-2-3-15-5-7/h7,11H,2-5H2,1H3. The van der Waals surface area contributed by atoms with Crippen molar-refractivity contribution in [2.75, 3.05) is 18.1 Å². The fraction of sp³-hybridized carbons (Fsp3) is 0.667. The highest BCUT2D eigenvalue weighted by molar-refractivity contribution is 7.99. The van der Waals surface area contributed by atoms with Crippen molar-refractivity contribution in [3.8, 4) is 0 Å². The van der Waals surface area contributed by atoms with Crippen LogP contribution < -0.4 is 4.72 Å². The van der Waals surface area contributed by atoms with Crippen LogP contribution in [0.15, 0.2) is 4.21 Å². The molecule has 1 aliphatic heterocycles. The van der Waals surface area contributed by atoms with Gasteiger partial charge < -0.3 is 0 Å². The van der Waals surface area contributed by atoms with Crippen LogP contribution in [0.3, 0.4) is 0 Å². The second kappa shape index (κ2) is 5.44. The average Bonchev–Trinajstić information content (AvgIpc) is 2.85. The summed E-state index contributed by atoms with van der Waals surface area (Å²) in [5, 5.41) is 0. The number of sulfonamides is 1. The smallest absolute Gasteiger partial charge is 0.229 e. The van der Waals surface area contributed by atoms with Gasteiger partial charge in [-0.15, -0.1) is 0 Å². The van der Waals surface area contributed by atoms with E-state index in [0.29, 0.717) is 18.2 Å². The van der Waals surface area contributed by atoms with Crippen molar-refractivity contribution in [2.24, 2.45) is 5.92 Å². The Hall–Kier alpha value is 0.180. The van der Waals surface area contributed by atoms with Crippen molar-refractivity contribution in [3.63, 3.8) is 0 Å². The Morgan fingerprint density at radius 2 is 2.35 bits per heavy atom. The molecule has 2 heterocycles. The number of hydrogen-bond acceptors (Lipinski definition) is 5. The molecule has 1 aromatic heterocycles. The maximum atomic E-state index is 12.0. The topological polar surface area (TPSA) is 59.1 Å². The van der Waals surface area contributed by atoms with Crippen LogP contribution in [0.25, 0.3) is 0 Å². The Balaban J connectivity index is 2.05. The third-order valence-electron chi connectivity index (χ3n) is 2.56. The normalized spacial score (nSPS) is 20.9. The van der Waals surface area contributed by atoms with Gasteiger partial charge in [-0.3, -0.25) is 0 Å². The summed E-state index contributed by atoms with van der Waals surface area (Å²) in [6.45, 7) is 2.16. The van der Waals surface area contributed by atoms with E-state index in [9.17, 15) is 8.42 Å². The average molecular weight is 313 g/mol. The highest BCUT2D eigenvalue weighted by Crippen LogP contribution is 2.27. The van der Waals surface area contributed by atoms with Crippen LogP contribution in [0, 0.1) is 12.8 Å². The minimum absolute atomic E-state index is 0.230. The maximum Gasteiger partial charge on any atom is 0.251 e. The first-order valence-electron chi connectivity index (χ1n) is 5.19. The predicted molar refractivity (Wildman–Crippen MR) is 72.5 cm³/mol. The summed E-state index contributed by atoms with van der Waals surface area (Å²) in [6.07, 6.45) is 1.08. The molecule has 1 atom stereocenters. The van der Waals surface area contributed by atoms with Gasteiger partial charge in [0.15, 0.2) is 8.68 Å². The van der Waals surface area contributed by atoms with Gasteiger partial charge in [-0.25, -0.2) is 18.1 Å². The summed E-state index contributed by atoms with van der Waals surface area (Å²) in [4.78, 5) is 3.92. The molecule has 0 radical (unpaired) electrons. The third kappa shape index (κ3) is 3.35. The van der Waals surface area contributed by atoms with Crippen LogP contribution in [0.5, 0.6) is 0 Å². The van der Waals surface area contributed by atoms with E-state index in [0.717, 1.165) is 29.3 Å². The first-order chi connectivity index (χ1) is 7.99. The molecule has 1 unspecified atom stereocenters. The van der Waals surface area contributed by atoms with Crippen molar-refractivity contribution in [3.05, 3.63) is 10.2 Å². The number of halogens is 1. The molecule has 1 fully saturated rings. The summed E-state index contributed by atoms with van der Waals surface area (Å²) in [5.41, 5.74) is 0.466. The molecule has 0 spiro atoms. The van der Waals surface area contributed by atoms with Crippen LogP contribution in [0.2, 0.25) is 4.47 Å². The number of rotatable bonds is 4. The van der Waals surface area contributed by atoms with Crippen molar-refractivity contribution in [2.45, 2.75) is 17.6 Å². The first kappa shape index (κ1) is 13.6. The molecule has 1 aromatic rings. The van der Waals surface area contributed by atoms with E-state index in [-0.39, 0.29) is 8.68 Å². The van der Waals surface area contributed by atoms with E-state index in [2.05, 4.69) is 9.71 Å². The number of nitrogens with zero attached hydrogens (tertiary/aromatic N) is 1. The molecule has 0 amide bonds. The van der Waals surface area contributed by atoms with Gasteiger partial charge in [-0.2, -0.15) is 11.8 Å². The molecule has 0 saturated carbocycles. The number of thioether (sulfide) groups is 1. The van der Waals surface area contributed by atoms with Gasteiger partial charge in [0.25, 0.3) is 10.0 Å². The summed E-state index contributed by atoms with van der Waals surface area (Å²) in [7, 11) is -3.45.